The second kappa shape index (κ2) is 8.98. The highest BCUT2D eigenvalue weighted by Gasteiger charge is 2.53. The molecule has 2 saturated carbocycles. The first kappa shape index (κ1) is 22.4. The predicted octanol–water partition coefficient (Wildman–Crippen LogP) is 2.64. The zero-order valence-electron chi connectivity index (χ0n) is 17.5. The molecule has 0 radical (unpaired) electrons. The normalized spacial score (nSPS) is 29.5. The number of halogens is 1. The van der Waals surface area contributed by atoms with Crippen molar-refractivity contribution in [3.05, 3.63) is 34.9 Å². The van der Waals surface area contributed by atoms with Gasteiger partial charge in [-0.1, -0.05) is 23.7 Å². The minimum atomic E-state index is -2.94. The molecule has 3 aliphatic rings. The molecule has 1 aromatic carbocycles. The van der Waals surface area contributed by atoms with E-state index in [0.717, 1.165) is 31.2 Å². The van der Waals surface area contributed by atoms with Gasteiger partial charge in [-0.25, -0.2) is 13.2 Å². The van der Waals surface area contributed by atoms with Crippen molar-refractivity contribution in [2.45, 2.75) is 51.1 Å². The fourth-order valence-corrected chi connectivity index (χ4v) is 6.91. The van der Waals surface area contributed by atoms with Gasteiger partial charge in [0.1, 0.15) is 9.84 Å². The van der Waals surface area contributed by atoms with Gasteiger partial charge in [0.2, 0.25) is 5.91 Å². The number of carbonyl (C=O) groups excluding carboxylic acids is 2. The standard InChI is InChI=1S/C22H30ClN3O4S/c23-18-3-1-15(2-4-18)13-25-21(28)26-19-11-22(12-19)9-16(10-22)14-24-20(27)17-5-7-31(29,30)8-6-17/h1-4,16-17,19H,5-14H2,(H,24,27)(H2,25,26,28). The van der Waals surface area contributed by atoms with Crippen molar-refractivity contribution in [1.29, 1.82) is 0 Å². The number of amides is 3. The minimum absolute atomic E-state index is 0.00126. The minimum Gasteiger partial charge on any atom is -0.356 e. The maximum absolute atomic E-state index is 12.3. The number of benzene rings is 1. The van der Waals surface area contributed by atoms with Crippen molar-refractivity contribution < 1.29 is 18.0 Å². The second-order valence-corrected chi connectivity index (χ2v) is 12.2. The summed E-state index contributed by atoms with van der Waals surface area (Å²) in [7, 11) is -2.94. The third-order valence-corrected chi connectivity index (χ3v) is 8.96. The van der Waals surface area contributed by atoms with E-state index >= 15 is 0 Å². The molecule has 2 aliphatic carbocycles. The molecule has 4 rings (SSSR count). The number of sulfone groups is 1. The van der Waals surface area contributed by atoms with Crippen molar-refractivity contribution in [2.24, 2.45) is 17.3 Å². The lowest BCUT2D eigenvalue weighted by Gasteiger charge is -2.58. The Bertz CT molecular complexity index is 907. The van der Waals surface area contributed by atoms with Crippen LogP contribution in [0.25, 0.3) is 0 Å². The van der Waals surface area contributed by atoms with Gasteiger partial charge in [0.05, 0.1) is 11.5 Å². The molecular weight excluding hydrogens is 438 g/mol. The van der Waals surface area contributed by atoms with Gasteiger partial charge in [0, 0.05) is 30.1 Å². The van der Waals surface area contributed by atoms with Crippen LogP contribution in [-0.2, 0) is 21.2 Å². The fourth-order valence-electron chi connectivity index (χ4n) is 5.29. The molecule has 1 heterocycles. The summed E-state index contributed by atoms with van der Waals surface area (Å²) in [4.78, 5) is 24.4. The lowest BCUT2D eigenvalue weighted by atomic mass is 9.50. The zero-order valence-corrected chi connectivity index (χ0v) is 19.1. The van der Waals surface area contributed by atoms with Gasteiger partial charge in [0.15, 0.2) is 0 Å². The first-order chi connectivity index (χ1) is 14.7. The smallest absolute Gasteiger partial charge is 0.315 e. The molecule has 0 bridgehead atoms. The van der Waals surface area contributed by atoms with Gasteiger partial charge in [-0.2, -0.15) is 0 Å². The largest absolute Gasteiger partial charge is 0.356 e. The molecular formula is C22H30ClN3O4S. The molecule has 7 nitrogen and oxygen atoms in total. The van der Waals surface area contributed by atoms with Gasteiger partial charge in [-0.3, -0.25) is 4.79 Å². The maximum atomic E-state index is 12.3. The molecule has 1 spiro atoms. The monoisotopic (exact) mass is 467 g/mol. The summed E-state index contributed by atoms with van der Waals surface area (Å²) in [5, 5.41) is 9.62. The fraction of sp³-hybridized carbons (Fsp3) is 0.636. The molecule has 1 aromatic rings. The Morgan fingerprint density at radius 1 is 1.00 bits per heavy atom. The predicted molar refractivity (Wildman–Crippen MR) is 119 cm³/mol. The van der Waals surface area contributed by atoms with E-state index in [4.69, 9.17) is 11.6 Å². The molecule has 0 aromatic heterocycles. The molecule has 31 heavy (non-hydrogen) atoms. The van der Waals surface area contributed by atoms with Gasteiger partial charge >= 0.3 is 6.03 Å². The van der Waals surface area contributed by atoms with Crippen LogP contribution in [-0.4, -0.2) is 44.4 Å². The maximum Gasteiger partial charge on any atom is 0.315 e. The van der Waals surface area contributed by atoms with Crippen LogP contribution in [0.3, 0.4) is 0 Å². The molecule has 1 aliphatic heterocycles. The van der Waals surface area contributed by atoms with Gasteiger partial charge in [-0.05, 0) is 67.6 Å². The van der Waals surface area contributed by atoms with Gasteiger partial charge in [-0.15, -0.1) is 0 Å². The Morgan fingerprint density at radius 3 is 2.29 bits per heavy atom. The lowest BCUT2D eigenvalue weighted by Crippen LogP contribution is -2.58. The van der Waals surface area contributed by atoms with Crippen LogP contribution < -0.4 is 16.0 Å². The number of carbonyl (C=O) groups is 2. The quantitative estimate of drug-likeness (QED) is 0.598. The van der Waals surface area contributed by atoms with E-state index in [2.05, 4.69) is 16.0 Å². The molecule has 0 atom stereocenters. The number of nitrogens with one attached hydrogen (secondary N) is 3. The molecule has 170 valence electrons. The van der Waals surface area contributed by atoms with Crippen molar-refractivity contribution in [3.8, 4) is 0 Å². The Morgan fingerprint density at radius 2 is 1.65 bits per heavy atom. The summed E-state index contributed by atoms with van der Waals surface area (Å²) in [5.41, 5.74) is 1.32. The van der Waals surface area contributed by atoms with E-state index in [9.17, 15) is 18.0 Å². The Labute approximate surface area is 188 Å². The summed E-state index contributed by atoms with van der Waals surface area (Å²) in [6.45, 7) is 1.14. The number of rotatable bonds is 6. The SMILES string of the molecule is O=C(NCc1ccc(Cl)cc1)NC1CC2(CC(CNC(=O)C3CCS(=O)(=O)CC3)C2)C1. The summed E-state index contributed by atoms with van der Waals surface area (Å²) < 4.78 is 23.0. The Balaban J connectivity index is 1.08. The average Bonchev–Trinajstić information content (AvgIpc) is 2.67. The summed E-state index contributed by atoms with van der Waals surface area (Å²) in [6, 6.07) is 7.47. The van der Waals surface area contributed by atoms with E-state index < -0.39 is 9.84 Å². The topological polar surface area (TPSA) is 104 Å². The zero-order chi connectivity index (χ0) is 22.1. The molecule has 9 heteroatoms. The Kier molecular flexibility index (Phi) is 6.49. The average molecular weight is 468 g/mol. The lowest BCUT2D eigenvalue weighted by molar-refractivity contribution is -0.126. The van der Waals surface area contributed by atoms with Crippen LogP contribution in [0.15, 0.2) is 24.3 Å². The van der Waals surface area contributed by atoms with Crippen LogP contribution in [0.4, 0.5) is 4.79 Å². The first-order valence-corrected chi connectivity index (χ1v) is 13.2. The summed E-state index contributed by atoms with van der Waals surface area (Å²) in [5.74, 6) is 0.567. The molecule has 0 unspecified atom stereocenters. The first-order valence-electron chi connectivity index (χ1n) is 11.0. The van der Waals surface area contributed by atoms with Crippen molar-refractivity contribution >= 4 is 33.4 Å². The van der Waals surface area contributed by atoms with E-state index in [0.29, 0.717) is 42.3 Å². The highest BCUT2D eigenvalue weighted by atomic mass is 35.5. The number of urea groups is 1. The van der Waals surface area contributed by atoms with Crippen LogP contribution in [0, 0.1) is 17.3 Å². The Hall–Kier alpha value is -1.80. The molecule has 3 N–H and O–H groups in total. The third-order valence-electron chi connectivity index (χ3n) is 6.99. The molecule has 3 amide bonds. The van der Waals surface area contributed by atoms with Crippen LogP contribution in [0.1, 0.15) is 44.1 Å². The summed E-state index contributed by atoms with van der Waals surface area (Å²) >= 11 is 5.87. The highest BCUT2D eigenvalue weighted by Crippen LogP contribution is 2.58. The molecule has 3 fully saturated rings. The van der Waals surface area contributed by atoms with E-state index in [1.807, 2.05) is 12.1 Å². The summed E-state index contributed by atoms with van der Waals surface area (Å²) in [6.07, 6.45) is 5.03. The van der Waals surface area contributed by atoms with Gasteiger partial charge < -0.3 is 16.0 Å². The van der Waals surface area contributed by atoms with Crippen molar-refractivity contribution in [3.63, 3.8) is 0 Å². The highest BCUT2D eigenvalue weighted by molar-refractivity contribution is 7.91. The van der Waals surface area contributed by atoms with Crippen LogP contribution >= 0.6 is 11.6 Å². The number of hydrogen-bond acceptors (Lipinski definition) is 4. The van der Waals surface area contributed by atoms with E-state index in [1.54, 1.807) is 12.1 Å². The van der Waals surface area contributed by atoms with E-state index in [1.165, 1.54) is 0 Å². The molecule has 1 saturated heterocycles. The van der Waals surface area contributed by atoms with Crippen molar-refractivity contribution in [2.75, 3.05) is 18.1 Å². The van der Waals surface area contributed by atoms with E-state index in [-0.39, 0.29) is 35.4 Å². The third kappa shape index (κ3) is 5.71. The number of hydrogen-bond donors (Lipinski definition) is 3. The second-order valence-electron chi connectivity index (χ2n) is 9.50. The van der Waals surface area contributed by atoms with Gasteiger partial charge in [0.25, 0.3) is 0 Å². The van der Waals surface area contributed by atoms with Crippen LogP contribution in [0.2, 0.25) is 5.02 Å². The van der Waals surface area contributed by atoms with Crippen molar-refractivity contribution in [1.82, 2.24) is 16.0 Å². The van der Waals surface area contributed by atoms with Crippen LogP contribution in [0.5, 0.6) is 0 Å².